The van der Waals surface area contributed by atoms with E-state index < -0.39 is 5.60 Å². The Morgan fingerprint density at radius 1 is 1.06 bits per heavy atom. The smallest absolute Gasteiger partial charge is 0.133 e. The Morgan fingerprint density at radius 2 is 1.62 bits per heavy atom. The maximum absolute atomic E-state index is 11.3. The maximum Gasteiger partial charge on any atom is 0.133 e. The summed E-state index contributed by atoms with van der Waals surface area (Å²) in [6.45, 7) is 0. The molecule has 1 aromatic rings. The minimum atomic E-state index is -0.683. The van der Waals surface area contributed by atoms with Crippen molar-refractivity contribution in [1.29, 1.82) is 0 Å². The van der Waals surface area contributed by atoms with Gasteiger partial charge in [-0.25, -0.2) is 0 Å². The molecular weight excluding hydrogens is 200 g/mol. The van der Waals surface area contributed by atoms with E-state index in [2.05, 4.69) is 0 Å². The summed E-state index contributed by atoms with van der Waals surface area (Å²) in [5.41, 5.74) is 0.328. The third-order valence-corrected chi connectivity index (χ3v) is 4.16. The molecule has 0 heterocycles. The second-order valence-electron chi connectivity index (χ2n) is 5.27. The molecule has 2 saturated carbocycles. The summed E-state index contributed by atoms with van der Waals surface area (Å²) in [6.07, 6.45) is 2.88. The Kier molecular flexibility index (Phi) is 2.15. The first-order chi connectivity index (χ1) is 7.67. The molecule has 0 spiro atoms. The predicted molar refractivity (Wildman–Crippen MR) is 60.8 cm³/mol. The maximum atomic E-state index is 11.3. The predicted octanol–water partition coefficient (Wildman–Crippen LogP) is 2.26. The molecule has 3 rings (SSSR count). The van der Waals surface area contributed by atoms with Crippen LogP contribution in [0.1, 0.15) is 31.2 Å². The van der Waals surface area contributed by atoms with Crippen molar-refractivity contribution in [3.63, 3.8) is 0 Å². The quantitative estimate of drug-likeness (QED) is 0.781. The summed E-state index contributed by atoms with van der Waals surface area (Å²) in [7, 11) is 0. The van der Waals surface area contributed by atoms with Gasteiger partial charge < -0.3 is 5.11 Å². The van der Waals surface area contributed by atoms with Gasteiger partial charge in [0.2, 0.25) is 0 Å². The van der Waals surface area contributed by atoms with E-state index in [1.54, 1.807) is 0 Å². The minimum absolute atomic E-state index is 0.380. The summed E-state index contributed by atoms with van der Waals surface area (Å²) in [4.78, 5) is 11.3. The van der Waals surface area contributed by atoms with Gasteiger partial charge in [-0.05, 0) is 30.2 Å². The molecule has 84 valence electrons. The van der Waals surface area contributed by atoms with Gasteiger partial charge in [0, 0.05) is 12.8 Å². The van der Waals surface area contributed by atoms with E-state index in [4.69, 9.17) is 0 Å². The first-order valence-corrected chi connectivity index (χ1v) is 5.97. The fourth-order valence-electron chi connectivity index (χ4n) is 3.41. The molecule has 0 bridgehead atoms. The summed E-state index contributed by atoms with van der Waals surface area (Å²) in [5, 5.41) is 10.6. The zero-order chi connectivity index (χ0) is 11.2. The van der Waals surface area contributed by atoms with Crippen LogP contribution in [0.3, 0.4) is 0 Å². The zero-order valence-corrected chi connectivity index (χ0v) is 9.23. The monoisotopic (exact) mass is 216 g/mol. The second-order valence-corrected chi connectivity index (χ2v) is 5.27. The van der Waals surface area contributed by atoms with E-state index in [1.807, 2.05) is 30.3 Å². The van der Waals surface area contributed by atoms with Crippen LogP contribution >= 0.6 is 0 Å². The largest absolute Gasteiger partial charge is 0.385 e. The normalized spacial score (nSPS) is 37.7. The zero-order valence-electron chi connectivity index (χ0n) is 9.23. The lowest BCUT2D eigenvalue weighted by atomic mass is 9.89. The summed E-state index contributed by atoms with van der Waals surface area (Å²) in [6, 6.07) is 9.87. The van der Waals surface area contributed by atoms with Crippen molar-refractivity contribution in [2.24, 2.45) is 11.8 Å². The van der Waals surface area contributed by atoms with Crippen LogP contribution in [0, 0.1) is 11.8 Å². The Balaban J connectivity index is 1.86. The molecule has 16 heavy (non-hydrogen) atoms. The molecule has 2 heteroatoms. The number of hydrogen-bond acceptors (Lipinski definition) is 2. The molecule has 2 nitrogen and oxygen atoms in total. The van der Waals surface area contributed by atoms with E-state index in [0.29, 0.717) is 30.5 Å². The van der Waals surface area contributed by atoms with Gasteiger partial charge in [0.25, 0.3) is 0 Å². The van der Waals surface area contributed by atoms with Gasteiger partial charge in [-0.3, -0.25) is 4.79 Å². The van der Waals surface area contributed by atoms with Crippen molar-refractivity contribution in [1.82, 2.24) is 0 Å². The second kappa shape index (κ2) is 3.42. The number of carbonyl (C=O) groups is 1. The van der Waals surface area contributed by atoms with Gasteiger partial charge in [0.05, 0.1) is 5.60 Å². The van der Waals surface area contributed by atoms with Gasteiger partial charge >= 0.3 is 0 Å². The highest BCUT2D eigenvalue weighted by molar-refractivity contribution is 5.81. The van der Waals surface area contributed by atoms with Crippen LogP contribution in [0.4, 0.5) is 0 Å². The molecule has 2 atom stereocenters. The van der Waals surface area contributed by atoms with Crippen molar-refractivity contribution >= 4 is 5.78 Å². The highest BCUT2D eigenvalue weighted by atomic mass is 16.3. The van der Waals surface area contributed by atoms with Crippen molar-refractivity contribution in [3.8, 4) is 0 Å². The Hall–Kier alpha value is -1.15. The molecule has 1 N–H and O–H groups in total. The molecule has 0 saturated heterocycles. The Morgan fingerprint density at radius 3 is 2.19 bits per heavy atom. The molecule has 2 unspecified atom stereocenters. The first kappa shape index (κ1) is 10.0. The number of hydrogen-bond donors (Lipinski definition) is 1. The van der Waals surface area contributed by atoms with Gasteiger partial charge in [0.1, 0.15) is 5.78 Å². The highest BCUT2D eigenvalue weighted by Gasteiger charge is 2.48. The average Bonchev–Trinajstić information content (AvgIpc) is 2.73. The number of aliphatic hydroxyl groups is 1. The van der Waals surface area contributed by atoms with Crippen molar-refractivity contribution in [3.05, 3.63) is 35.9 Å². The standard InChI is InChI=1S/C14H16O2/c15-13-6-10-8-14(16,9-11(10)7-13)12-4-2-1-3-5-12/h1-5,10-11,16H,6-9H2. The fraction of sp³-hybridized carbons (Fsp3) is 0.500. The molecule has 0 aliphatic heterocycles. The number of rotatable bonds is 1. The van der Waals surface area contributed by atoms with Crippen molar-refractivity contribution in [2.45, 2.75) is 31.3 Å². The van der Waals surface area contributed by atoms with Gasteiger partial charge in [-0.2, -0.15) is 0 Å². The number of benzene rings is 1. The van der Waals surface area contributed by atoms with Crippen LogP contribution in [0.2, 0.25) is 0 Å². The third-order valence-electron chi connectivity index (χ3n) is 4.16. The van der Waals surface area contributed by atoms with E-state index >= 15 is 0 Å². The summed E-state index contributed by atoms with van der Waals surface area (Å²) < 4.78 is 0. The fourth-order valence-corrected chi connectivity index (χ4v) is 3.41. The lowest BCUT2D eigenvalue weighted by molar-refractivity contribution is -0.118. The minimum Gasteiger partial charge on any atom is -0.385 e. The molecule has 1 aromatic carbocycles. The van der Waals surface area contributed by atoms with Crippen LogP contribution in [-0.2, 0) is 10.4 Å². The van der Waals surface area contributed by atoms with Crippen molar-refractivity contribution in [2.75, 3.05) is 0 Å². The van der Waals surface area contributed by atoms with E-state index in [-0.39, 0.29) is 0 Å². The lowest BCUT2D eigenvalue weighted by Crippen LogP contribution is -2.22. The SMILES string of the molecule is O=C1CC2CC(O)(c3ccccc3)CC2C1. The molecular formula is C14H16O2. The number of fused-ring (bicyclic) bond motifs is 1. The van der Waals surface area contributed by atoms with Gasteiger partial charge in [-0.15, -0.1) is 0 Å². The highest BCUT2D eigenvalue weighted by Crippen LogP contribution is 2.51. The molecule has 0 amide bonds. The van der Waals surface area contributed by atoms with E-state index in [0.717, 1.165) is 18.4 Å². The Bertz CT molecular complexity index is 394. The number of Topliss-reactive ketones (excluding diaryl/α,β-unsaturated/α-hetero) is 1. The van der Waals surface area contributed by atoms with Crippen LogP contribution in [0.25, 0.3) is 0 Å². The van der Waals surface area contributed by atoms with Crippen LogP contribution in [0.15, 0.2) is 30.3 Å². The molecule has 2 aliphatic rings. The van der Waals surface area contributed by atoms with Crippen LogP contribution in [0.5, 0.6) is 0 Å². The van der Waals surface area contributed by atoms with Crippen molar-refractivity contribution < 1.29 is 9.90 Å². The van der Waals surface area contributed by atoms with Crippen LogP contribution in [-0.4, -0.2) is 10.9 Å². The molecule has 2 fully saturated rings. The topological polar surface area (TPSA) is 37.3 Å². The third kappa shape index (κ3) is 1.49. The first-order valence-electron chi connectivity index (χ1n) is 5.97. The van der Waals surface area contributed by atoms with E-state index in [1.165, 1.54) is 0 Å². The summed E-state index contributed by atoms with van der Waals surface area (Å²) >= 11 is 0. The van der Waals surface area contributed by atoms with Crippen LogP contribution < -0.4 is 0 Å². The van der Waals surface area contributed by atoms with Gasteiger partial charge in [-0.1, -0.05) is 30.3 Å². The number of carbonyl (C=O) groups excluding carboxylic acids is 1. The lowest BCUT2D eigenvalue weighted by Gasteiger charge is -2.24. The molecule has 0 radical (unpaired) electrons. The van der Waals surface area contributed by atoms with Gasteiger partial charge in [0.15, 0.2) is 0 Å². The summed E-state index contributed by atoms with van der Waals surface area (Å²) in [5.74, 6) is 1.21. The average molecular weight is 216 g/mol. The molecule has 0 aromatic heterocycles. The molecule has 2 aliphatic carbocycles. The number of ketones is 1. The van der Waals surface area contributed by atoms with E-state index in [9.17, 15) is 9.90 Å². The Labute approximate surface area is 95.3 Å².